The Morgan fingerprint density at radius 3 is 2.73 bits per heavy atom. The molecule has 0 aliphatic rings. The number of hydrogen-bond acceptors (Lipinski definition) is 5. The smallest absolute Gasteiger partial charge is 0.230 e. The SMILES string of the molecule is CC(=O)N(c1nc(/C=C(\C#N)C(=O)c2c[nH]c3cc(Cl)ccc23)cs1)c1ccc(F)cc1F. The molecular weight excluding hydrogens is 470 g/mol. The highest BCUT2D eigenvalue weighted by atomic mass is 35.5. The third-order valence-corrected chi connectivity index (χ3v) is 5.79. The van der Waals surface area contributed by atoms with Crippen LogP contribution >= 0.6 is 22.9 Å². The van der Waals surface area contributed by atoms with Crippen LogP contribution < -0.4 is 4.90 Å². The van der Waals surface area contributed by atoms with Gasteiger partial charge in [0.1, 0.15) is 23.3 Å². The second-order valence-corrected chi connectivity index (χ2v) is 8.17. The topological polar surface area (TPSA) is 89.8 Å². The number of nitrogens with one attached hydrogen (secondary N) is 1. The quantitative estimate of drug-likeness (QED) is 0.213. The van der Waals surface area contributed by atoms with E-state index < -0.39 is 23.3 Å². The highest BCUT2D eigenvalue weighted by Gasteiger charge is 2.22. The van der Waals surface area contributed by atoms with Crippen molar-refractivity contribution in [3.05, 3.63) is 81.5 Å². The fraction of sp³-hybridized carbons (Fsp3) is 0.0435. The summed E-state index contributed by atoms with van der Waals surface area (Å²) in [6.07, 6.45) is 2.78. The number of halogens is 3. The Balaban J connectivity index is 1.69. The third kappa shape index (κ3) is 4.39. The molecule has 1 N–H and O–H groups in total. The van der Waals surface area contributed by atoms with Crippen molar-refractivity contribution >= 4 is 62.4 Å². The number of aromatic nitrogens is 2. The number of ketones is 1. The summed E-state index contributed by atoms with van der Waals surface area (Å²) in [4.78, 5) is 33.3. The number of aromatic amines is 1. The molecule has 4 aromatic rings. The summed E-state index contributed by atoms with van der Waals surface area (Å²) >= 11 is 6.98. The lowest BCUT2D eigenvalue weighted by Gasteiger charge is -2.18. The van der Waals surface area contributed by atoms with Crippen LogP contribution in [0.2, 0.25) is 5.02 Å². The second kappa shape index (κ2) is 8.94. The standard InChI is InChI=1S/C23H13ClF2N4O2S/c1-12(31)30(21-5-3-15(25)8-19(21)26)23-29-16(11-33-23)6-13(9-27)22(32)18-10-28-20-7-14(24)2-4-17(18)20/h2-8,10-11,28H,1H3/b13-6+. The van der Waals surface area contributed by atoms with Gasteiger partial charge in [-0.2, -0.15) is 5.26 Å². The van der Waals surface area contributed by atoms with Gasteiger partial charge in [0, 0.05) is 46.1 Å². The number of hydrogen-bond donors (Lipinski definition) is 1. The van der Waals surface area contributed by atoms with Crippen LogP contribution in [-0.4, -0.2) is 21.7 Å². The summed E-state index contributed by atoms with van der Waals surface area (Å²) in [5, 5.41) is 12.3. The molecule has 6 nitrogen and oxygen atoms in total. The van der Waals surface area contributed by atoms with E-state index in [2.05, 4.69) is 9.97 Å². The zero-order valence-corrected chi connectivity index (χ0v) is 18.5. The second-order valence-electron chi connectivity index (χ2n) is 6.90. The molecule has 0 bridgehead atoms. The number of amides is 1. The van der Waals surface area contributed by atoms with Crippen LogP contribution in [0.4, 0.5) is 19.6 Å². The van der Waals surface area contributed by atoms with Gasteiger partial charge in [-0.3, -0.25) is 14.5 Å². The van der Waals surface area contributed by atoms with Crippen LogP contribution in [0.5, 0.6) is 0 Å². The van der Waals surface area contributed by atoms with Crippen LogP contribution in [0.1, 0.15) is 23.0 Å². The number of allylic oxidation sites excluding steroid dienone is 1. The number of thiazole rings is 1. The number of H-pyrrole nitrogens is 1. The van der Waals surface area contributed by atoms with Crippen molar-refractivity contribution in [3.8, 4) is 6.07 Å². The molecule has 0 fully saturated rings. The van der Waals surface area contributed by atoms with Crippen molar-refractivity contribution in [1.29, 1.82) is 5.26 Å². The van der Waals surface area contributed by atoms with Gasteiger partial charge in [-0.05, 0) is 30.3 Å². The fourth-order valence-corrected chi connectivity index (χ4v) is 4.25. The Morgan fingerprint density at radius 2 is 2.03 bits per heavy atom. The number of carbonyl (C=O) groups is 2. The van der Waals surface area contributed by atoms with Crippen molar-refractivity contribution in [2.45, 2.75) is 6.92 Å². The fourth-order valence-electron chi connectivity index (χ4n) is 3.24. The molecule has 0 atom stereocenters. The van der Waals surface area contributed by atoms with Gasteiger partial charge in [-0.1, -0.05) is 17.7 Å². The molecule has 0 saturated heterocycles. The van der Waals surface area contributed by atoms with Crippen molar-refractivity contribution in [1.82, 2.24) is 9.97 Å². The average molecular weight is 483 g/mol. The first kappa shape index (κ1) is 22.3. The van der Waals surface area contributed by atoms with Crippen molar-refractivity contribution in [2.75, 3.05) is 4.90 Å². The highest BCUT2D eigenvalue weighted by Crippen LogP contribution is 2.32. The molecule has 0 saturated carbocycles. The van der Waals surface area contributed by atoms with Crippen LogP contribution in [0.3, 0.4) is 0 Å². The molecule has 164 valence electrons. The monoisotopic (exact) mass is 482 g/mol. The number of benzene rings is 2. The highest BCUT2D eigenvalue weighted by molar-refractivity contribution is 7.14. The molecule has 0 unspecified atom stereocenters. The van der Waals surface area contributed by atoms with Crippen molar-refractivity contribution < 1.29 is 18.4 Å². The summed E-state index contributed by atoms with van der Waals surface area (Å²) in [5.74, 6) is -2.77. The van der Waals surface area contributed by atoms with Gasteiger partial charge >= 0.3 is 0 Å². The van der Waals surface area contributed by atoms with Crippen LogP contribution in [0.25, 0.3) is 17.0 Å². The number of anilines is 2. The van der Waals surface area contributed by atoms with E-state index in [4.69, 9.17) is 11.6 Å². The van der Waals surface area contributed by atoms with E-state index in [-0.39, 0.29) is 22.1 Å². The molecule has 2 aromatic heterocycles. The normalized spacial score (nSPS) is 11.4. The van der Waals surface area contributed by atoms with Crippen molar-refractivity contribution in [3.63, 3.8) is 0 Å². The number of rotatable bonds is 5. The first-order valence-electron chi connectivity index (χ1n) is 9.43. The van der Waals surface area contributed by atoms with Crippen molar-refractivity contribution in [2.24, 2.45) is 0 Å². The minimum absolute atomic E-state index is 0.103. The average Bonchev–Trinajstić information content (AvgIpc) is 3.39. The van der Waals surface area contributed by atoms with Gasteiger partial charge in [-0.15, -0.1) is 11.3 Å². The van der Waals surface area contributed by atoms with E-state index in [1.165, 1.54) is 24.6 Å². The van der Waals surface area contributed by atoms with Gasteiger partial charge in [0.2, 0.25) is 11.7 Å². The van der Waals surface area contributed by atoms with Gasteiger partial charge in [0.25, 0.3) is 0 Å². The van der Waals surface area contributed by atoms with Crippen LogP contribution in [0.15, 0.2) is 53.5 Å². The molecule has 2 heterocycles. The maximum Gasteiger partial charge on any atom is 0.230 e. The number of Topliss-reactive ketones (excluding diaryl/α,β-unsaturated/α-hetero) is 1. The lowest BCUT2D eigenvalue weighted by Crippen LogP contribution is -2.23. The minimum atomic E-state index is -0.926. The van der Waals surface area contributed by atoms with Crippen LogP contribution in [0, 0.1) is 23.0 Å². The number of nitriles is 1. The molecule has 2 aromatic carbocycles. The summed E-state index contributed by atoms with van der Waals surface area (Å²) in [6.45, 7) is 1.22. The number of carbonyl (C=O) groups excluding carboxylic acids is 2. The van der Waals surface area contributed by atoms with E-state index in [9.17, 15) is 23.6 Å². The summed E-state index contributed by atoms with van der Waals surface area (Å²) in [6, 6.07) is 9.70. The maximum absolute atomic E-state index is 14.3. The Hall–Kier alpha value is -3.87. The minimum Gasteiger partial charge on any atom is -0.360 e. The van der Waals surface area contributed by atoms with E-state index in [0.717, 1.165) is 28.4 Å². The largest absolute Gasteiger partial charge is 0.360 e. The third-order valence-electron chi connectivity index (χ3n) is 4.71. The van der Waals surface area contributed by atoms with Crippen LogP contribution in [-0.2, 0) is 4.79 Å². The summed E-state index contributed by atoms with van der Waals surface area (Å²) in [5.41, 5.74) is 0.839. The van der Waals surface area contributed by atoms with Gasteiger partial charge in [-0.25, -0.2) is 13.8 Å². The lowest BCUT2D eigenvalue weighted by atomic mass is 10.0. The molecule has 0 radical (unpaired) electrons. The summed E-state index contributed by atoms with van der Waals surface area (Å²) in [7, 11) is 0. The molecule has 1 amide bonds. The molecular formula is C23H13ClF2N4O2S. The zero-order chi connectivity index (χ0) is 23.7. The number of fused-ring (bicyclic) bond motifs is 1. The predicted molar refractivity (Wildman–Crippen MR) is 123 cm³/mol. The molecule has 10 heteroatoms. The Morgan fingerprint density at radius 1 is 1.24 bits per heavy atom. The molecule has 4 rings (SSSR count). The van der Waals surface area contributed by atoms with E-state index in [1.807, 2.05) is 6.07 Å². The van der Waals surface area contributed by atoms with E-state index in [0.29, 0.717) is 27.6 Å². The Kier molecular flexibility index (Phi) is 6.05. The zero-order valence-electron chi connectivity index (χ0n) is 16.9. The Labute approximate surface area is 195 Å². The number of nitrogens with zero attached hydrogens (tertiary/aromatic N) is 3. The van der Waals surface area contributed by atoms with Gasteiger partial charge in [0.05, 0.1) is 11.4 Å². The predicted octanol–water partition coefficient (Wildman–Crippen LogP) is 6.03. The van der Waals surface area contributed by atoms with E-state index >= 15 is 0 Å². The maximum atomic E-state index is 14.3. The lowest BCUT2D eigenvalue weighted by molar-refractivity contribution is -0.115. The summed E-state index contributed by atoms with van der Waals surface area (Å²) < 4.78 is 27.5. The van der Waals surface area contributed by atoms with Gasteiger partial charge < -0.3 is 4.98 Å². The van der Waals surface area contributed by atoms with Gasteiger partial charge in [0.15, 0.2) is 5.13 Å². The molecule has 0 aliphatic heterocycles. The molecule has 33 heavy (non-hydrogen) atoms. The Bertz CT molecular complexity index is 1490. The molecule has 0 aliphatic carbocycles. The molecule has 0 spiro atoms. The first-order valence-corrected chi connectivity index (χ1v) is 10.7. The first-order chi connectivity index (χ1) is 15.8. The van der Waals surface area contributed by atoms with E-state index in [1.54, 1.807) is 18.2 Å².